The summed E-state index contributed by atoms with van der Waals surface area (Å²) in [6.45, 7) is 8.28. The minimum absolute atomic E-state index is 0.124. The summed E-state index contributed by atoms with van der Waals surface area (Å²) in [4.78, 5) is 16.6. The lowest BCUT2D eigenvalue weighted by Gasteiger charge is -2.33. The Bertz CT molecular complexity index is 1090. The zero-order chi connectivity index (χ0) is 23.6. The number of fused-ring (bicyclic) bond motifs is 1. The first-order valence-electron chi connectivity index (χ1n) is 11.2. The number of carbonyl (C=O) groups is 1. The van der Waals surface area contributed by atoms with Crippen molar-refractivity contribution >= 4 is 33.0 Å². The number of nitrogens with zero attached hydrogens (tertiary/aromatic N) is 2. The van der Waals surface area contributed by atoms with Gasteiger partial charge in [0.05, 0.1) is 36.4 Å². The van der Waals surface area contributed by atoms with Crippen molar-refractivity contribution in [3.05, 3.63) is 40.1 Å². The molecule has 1 amide bonds. The maximum absolute atomic E-state index is 13.1. The Morgan fingerprint density at radius 1 is 1.24 bits per heavy atom. The van der Waals surface area contributed by atoms with Crippen molar-refractivity contribution in [3.8, 4) is 5.75 Å². The molecule has 0 saturated carbocycles. The van der Waals surface area contributed by atoms with E-state index in [0.29, 0.717) is 37.7 Å². The highest BCUT2D eigenvalue weighted by Crippen LogP contribution is 2.33. The van der Waals surface area contributed by atoms with E-state index >= 15 is 0 Å². The fourth-order valence-electron chi connectivity index (χ4n) is 4.21. The van der Waals surface area contributed by atoms with Gasteiger partial charge < -0.3 is 14.8 Å². The second-order valence-electron chi connectivity index (χ2n) is 8.58. The molecule has 1 saturated heterocycles. The molecule has 4 rings (SSSR count). The molecular formula is C23H31N3O5S2. The molecule has 2 aromatic rings. The van der Waals surface area contributed by atoms with Crippen LogP contribution in [0.15, 0.2) is 34.5 Å². The first-order chi connectivity index (χ1) is 15.8. The zero-order valence-electron chi connectivity index (χ0n) is 19.2. The summed E-state index contributed by atoms with van der Waals surface area (Å²) in [7, 11) is -3.69. The van der Waals surface area contributed by atoms with Crippen molar-refractivity contribution in [1.29, 1.82) is 0 Å². The van der Waals surface area contributed by atoms with Gasteiger partial charge in [-0.15, -0.1) is 11.3 Å². The van der Waals surface area contributed by atoms with Crippen molar-refractivity contribution in [2.45, 2.75) is 44.2 Å². The van der Waals surface area contributed by atoms with E-state index in [1.165, 1.54) is 26.9 Å². The highest BCUT2D eigenvalue weighted by atomic mass is 32.2. The predicted octanol–water partition coefficient (Wildman–Crippen LogP) is 3.11. The van der Waals surface area contributed by atoms with E-state index < -0.39 is 10.0 Å². The van der Waals surface area contributed by atoms with Gasteiger partial charge in [0.1, 0.15) is 5.75 Å². The third-order valence-corrected chi connectivity index (χ3v) is 8.84. The summed E-state index contributed by atoms with van der Waals surface area (Å²) >= 11 is 1.76. The number of benzene rings is 1. The second kappa shape index (κ2) is 10.1. The van der Waals surface area contributed by atoms with Gasteiger partial charge in [0.15, 0.2) is 0 Å². The average Bonchev–Trinajstić information content (AvgIpc) is 3.27. The molecule has 3 heterocycles. The highest BCUT2D eigenvalue weighted by molar-refractivity contribution is 7.89. The van der Waals surface area contributed by atoms with Gasteiger partial charge in [0.2, 0.25) is 15.9 Å². The molecular weight excluding hydrogens is 462 g/mol. The first kappa shape index (κ1) is 24.2. The van der Waals surface area contributed by atoms with E-state index in [-0.39, 0.29) is 29.5 Å². The summed E-state index contributed by atoms with van der Waals surface area (Å²) in [6, 6.07) is 6.93. The van der Waals surface area contributed by atoms with Gasteiger partial charge in [-0.3, -0.25) is 9.69 Å². The van der Waals surface area contributed by atoms with Crippen LogP contribution in [0.2, 0.25) is 0 Å². The summed E-state index contributed by atoms with van der Waals surface area (Å²) in [5, 5.41) is 5.00. The highest BCUT2D eigenvalue weighted by Gasteiger charge is 2.29. The Morgan fingerprint density at radius 3 is 2.73 bits per heavy atom. The van der Waals surface area contributed by atoms with Crippen LogP contribution < -0.4 is 10.1 Å². The number of ether oxygens (including phenoxy) is 2. The molecule has 2 aliphatic rings. The fourth-order valence-corrected chi connectivity index (χ4v) is 6.61. The molecule has 1 atom stereocenters. The van der Waals surface area contributed by atoms with Crippen LogP contribution in [0.4, 0.5) is 5.69 Å². The van der Waals surface area contributed by atoms with Gasteiger partial charge in [0, 0.05) is 30.6 Å². The van der Waals surface area contributed by atoms with E-state index in [0.717, 1.165) is 13.0 Å². The third-order valence-electron chi connectivity index (χ3n) is 5.95. The molecule has 0 radical (unpaired) electrons. The number of morpholine rings is 1. The molecule has 180 valence electrons. The Labute approximate surface area is 199 Å². The number of hydrogen-bond donors (Lipinski definition) is 1. The van der Waals surface area contributed by atoms with Crippen molar-refractivity contribution in [3.63, 3.8) is 0 Å². The van der Waals surface area contributed by atoms with Crippen LogP contribution in [0.5, 0.6) is 5.75 Å². The molecule has 33 heavy (non-hydrogen) atoms. The van der Waals surface area contributed by atoms with Gasteiger partial charge in [0.25, 0.3) is 0 Å². The number of amides is 1. The summed E-state index contributed by atoms with van der Waals surface area (Å²) in [6.07, 6.45) is 0.807. The van der Waals surface area contributed by atoms with Gasteiger partial charge in [-0.1, -0.05) is 0 Å². The smallest absolute Gasteiger partial charge is 0.243 e. The number of rotatable bonds is 7. The molecule has 1 N–H and O–H groups in total. The predicted molar refractivity (Wildman–Crippen MR) is 128 cm³/mol. The number of hydrogen-bond acceptors (Lipinski definition) is 7. The van der Waals surface area contributed by atoms with E-state index in [1.54, 1.807) is 17.4 Å². The Morgan fingerprint density at radius 2 is 2.00 bits per heavy atom. The molecule has 0 bridgehead atoms. The Kier molecular flexibility index (Phi) is 7.40. The lowest BCUT2D eigenvalue weighted by molar-refractivity contribution is -0.117. The quantitative estimate of drug-likeness (QED) is 0.638. The van der Waals surface area contributed by atoms with Crippen molar-refractivity contribution in [1.82, 2.24) is 9.21 Å². The van der Waals surface area contributed by atoms with Crippen LogP contribution in [0.25, 0.3) is 0 Å². The van der Waals surface area contributed by atoms with Crippen LogP contribution in [-0.2, 0) is 26.0 Å². The Balaban J connectivity index is 1.53. The van der Waals surface area contributed by atoms with Gasteiger partial charge in [-0.25, -0.2) is 8.42 Å². The number of anilines is 1. The van der Waals surface area contributed by atoms with Gasteiger partial charge in [-0.2, -0.15) is 4.31 Å². The molecule has 1 aromatic heterocycles. The van der Waals surface area contributed by atoms with Crippen LogP contribution in [0, 0.1) is 0 Å². The van der Waals surface area contributed by atoms with Crippen LogP contribution in [0.3, 0.4) is 0 Å². The number of carbonyl (C=O) groups excluding carboxylic acids is 1. The Hall–Kier alpha value is -1.98. The summed E-state index contributed by atoms with van der Waals surface area (Å²) < 4.78 is 38.8. The van der Waals surface area contributed by atoms with Crippen molar-refractivity contribution in [2.24, 2.45) is 0 Å². The molecule has 0 spiro atoms. The molecule has 0 aliphatic carbocycles. The topological polar surface area (TPSA) is 88.2 Å². The number of sulfonamides is 1. The van der Waals surface area contributed by atoms with Crippen molar-refractivity contribution < 1.29 is 22.7 Å². The molecule has 1 unspecified atom stereocenters. The largest absolute Gasteiger partial charge is 0.489 e. The number of thiophene rings is 1. The minimum Gasteiger partial charge on any atom is -0.489 e. The van der Waals surface area contributed by atoms with Crippen molar-refractivity contribution in [2.75, 3.05) is 44.7 Å². The second-order valence-corrected chi connectivity index (χ2v) is 11.5. The molecule has 1 aromatic carbocycles. The summed E-state index contributed by atoms with van der Waals surface area (Å²) in [5.41, 5.74) is 1.64. The molecule has 1 fully saturated rings. The van der Waals surface area contributed by atoms with Crippen LogP contribution in [-0.4, -0.2) is 69.0 Å². The summed E-state index contributed by atoms with van der Waals surface area (Å²) in [5.74, 6) is 0.251. The maximum Gasteiger partial charge on any atom is 0.243 e. The standard InChI is InChI=1S/C23H31N3O5S2/c1-16(2)31-21-5-4-18(33(28,29)26-9-11-30-12-10-26)14-20(21)24-23(27)15-25-8-6-22-19(17(25)3)7-13-32-22/h4-5,7,13-14,16-17H,6,8-12,15H2,1-3H3,(H,24,27). The third kappa shape index (κ3) is 5.41. The zero-order valence-corrected chi connectivity index (χ0v) is 20.9. The van der Waals surface area contributed by atoms with Crippen LogP contribution >= 0.6 is 11.3 Å². The van der Waals surface area contributed by atoms with E-state index in [4.69, 9.17) is 9.47 Å². The lowest BCUT2D eigenvalue weighted by Crippen LogP contribution is -2.40. The minimum atomic E-state index is -3.69. The maximum atomic E-state index is 13.1. The first-order valence-corrected chi connectivity index (χ1v) is 13.6. The molecule has 10 heteroatoms. The van der Waals surface area contributed by atoms with Crippen LogP contribution in [0.1, 0.15) is 37.3 Å². The van der Waals surface area contributed by atoms with E-state index in [1.807, 2.05) is 13.8 Å². The van der Waals surface area contributed by atoms with Gasteiger partial charge in [-0.05, 0) is 62.4 Å². The molecule has 2 aliphatic heterocycles. The average molecular weight is 494 g/mol. The number of nitrogens with one attached hydrogen (secondary N) is 1. The van der Waals surface area contributed by atoms with E-state index in [9.17, 15) is 13.2 Å². The fraction of sp³-hybridized carbons (Fsp3) is 0.522. The normalized spacial score (nSPS) is 19.9. The monoisotopic (exact) mass is 493 g/mol. The molecule has 8 nitrogen and oxygen atoms in total. The SMILES string of the molecule is CC(C)Oc1ccc(S(=O)(=O)N2CCOCC2)cc1NC(=O)CN1CCc2sccc2C1C. The van der Waals surface area contributed by atoms with E-state index in [2.05, 4.69) is 28.6 Å². The van der Waals surface area contributed by atoms with Gasteiger partial charge >= 0.3 is 0 Å². The lowest BCUT2D eigenvalue weighted by atomic mass is 10.0.